The summed E-state index contributed by atoms with van der Waals surface area (Å²) >= 11 is 1.16. The number of carbonyl (C=O) groups is 1. The fourth-order valence-electron chi connectivity index (χ4n) is 2.64. The highest BCUT2D eigenvalue weighted by atomic mass is 32.1. The molecule has 0 aliphatic rings. The third-order valence-electron chi connectivity index (χ3n) is 3.58. The Morgan fingerprint density at radius 3 is 2.83 bits per heavy atom. The van der Waals surface area contributed by atoms with Crippen LogP contribution in [0.1, 0.15) is 29.8 Å². The maximum Gasteiger partial charge on any atom is 0.345 e. The third-order valence-corrected chi connectivity index (χ3v) is 4.46. The van der Waals surface area contributed by atoms with Gasteiger partial charge in [-0.3, -0.25) is 4.79 Å². The molecule has 0 radical (unpaired) electrons. The van der Waals surface area contributed by atoms with E-state index < -0.39 is 23.0 Å². The van der Waals surface area contributed by atoms with E-state index in [-0.39, 0.29) is 28.6 Å². The van der Waals surface area contributed by atoms with E-state index in [1.54, 1.807) is 31.5 Å². The highest BCUT2D eigenvalue weighted by Crippen LogP contribution is 2.28. The standard InChI is InChI=1S/C17H13F2NO3S/c1-3-5-9-13(19)11(18)8-10-14(9)20-6-7-24-16(20)12(15(10)21)17(22)23-4-2/h3,5-8H,4H2,1-2H3/b5-3-. The van der Waals surface area contributed by atoms with Crippen LogP contribution in [0.5, 0.6) is 0 Å². The lowest BCUT2D eigenvalue weighted by Gasteiger charge is -2.11. The molecule has 3 aromatic rings. The summed E-state index contributed by atoms with van der Waals surface area (Å²) in [6.07, 6.45) is 4.56. The number of hydrogen-bond acceptors (Lipinski definition) is 4. The number of fused-ring (bicyclic) bond motifs is 3. The van der Waals surface area contributed by atoms with Gasteiger partial charge < -0.3 is 9.14 Å². The Hall–Kier alpha value is -2.54. The lowest BCUT2D eigenvalue weighted by molar-refractivity contribution is 0.0527. The first kappa shape index (κ1) is 16.3. The summed E-state index contributed by atoms with van der Waals surface area (Å²) in [5.41, 5.74) is -0.651. The van der Waals surface area contributed by atoms with Crippen molar-refractivity contribution in [3.63, 3.8) is 0 Å². The van der Waals surface area contributed by atoms with Crippen molar-refractivity contribution < 1.29 is 18.3 Å². The first-order chi connectivity index (χ1) is 11.5. The minimum atomic E-state index is -1.14. The first-order valence-corrected chi connectivity index (χ1v) is 8.12. The van der Waals surface area contributed by atoms with Gasteiger partial charge >= 0.3 is 5.97 Å². The quantitative estimate of drug-likeness (QED) is 0.672. The second-order valence-electron chi connectivity index (χ2n) is 4.98. The zero-order valence-corrected chi connectivity index (χ0v) is 13.7. The van der Waals surface area contributed by atoms with E-state index in [4.69, 9.17) is 4.74 Å². The number of carbonyl (C=O) groups excluding carboxylic acids is 1. The van der Waals surface area contributed by atoms with Crippen LogP contribution in [0.4, 0.5) is 8.78 Å². The molecule has 0 unspecified atom stereocenters. The van der Waals surface area contributed by atoms with Crippen molar-refractivity contribution >= 4 is 39.1 Å². The molecule has 7 heteroatoms. The average Bonchev–Trinajstić information content (AvgIpc) is 3.01. The SMILES string of the molecule is C/C=C\c1c(F)c(F)cc2c(=O)c(C(=O)OCC)c3sccn3c12. The maximum atomic E-state index is 14.2. The van der Waals surface area contributed by atoms with Crippen LogP contribution in [0.25, 0.3) is 21.8 Å². The summed E-state index contributed by atoms with van der Waals surface area (Å²) in [4.78, 5) is 25.3. The number of rotatable bonds is 3. The molecule has 0 aliphatic carbocycles. The lowest BCUT2D eigenvalue weighted by Crippen LogP contribution is -2.20. The Labute approximate surface area is 139 Å². The molecular weight excluding hydrogens is 336 g/mol. The van der Waals surface area contributed by atoms with Crippen molar-refractivity contribution in [2.45, 2.75) is 13.8 Å². The topological polar surface area (TPSA) is 47.8 Å². The van der Waals surface area contributed by atoms with Gasteiger partial charge in [0.2, 0.25) is 5.43 Å². The van der Waals surface area contributed by atoms with E-state index in [0.717, 1.165) is 17.4 Å². The van der Waals surface area contributed by atoms with E-state index >= 15 is 0 Å². The number of aromatic nitrogens is 1. The molecule has 0 amide bonds. The zero-order chi connectivity index (χ0) is 17.4. The molecule has 0 N–H and O–H groups in total. The van der Waals surface area contributed by atoms with Gasteiger partial charge in [-0.15, -0.1) is 11.3 Å². The van der Waals surface area contributed by atoms with Gasteiger partial charge in [-0.05, 0) is 19.9 Å². The molecule has 1 aromatic carbocycles. The van der Waals surface area contributed by atoms with Gasteiger partial charge in [0.15, 0.2) is 11.6 Å². The van der Waals surface area contributed by atoms with Crippen LogP contribution in [0, 0.1) is 11.6 Å². The fraction of sp³-hybridized carbons (Fsp3) is 0.176. The number of thiazole rings is 1. The van der Waals surface area contributed by atoms with Gasteiger partial charge in [-0.25, -0.2) is 13.6 Å². The largest absolute Gasteiger partial charge is 0.462 e. The maximum absolute atomic E-state index is 14.2. The summed E-state index contributed by atoms with van der Waals surface area (Å²) in [5, 5.41) is 1.60. The van der Waals surface area contributed by atoms with Crippen LogP contribution >= 0.6 is 11.3 Å². The van der Waals surface area contributed by atoms with Gasteiger partial charge in [-0.2, -0.15) is 0 Å². The van der Waals surface area contributed by atoms with E-state index in [9.17, 15) is 18.4 Å². The number of allylic oxidation sites excluding steroid dienone is 1. The second kappa shape index (κ2) is 6.16. The minimum absolute atomic E-state index is 0.0339. The van der Waals surface area contributed by atoms with Crippen LogP contribution in [-0.2, 0) is 4.74 Å². The van der Waals surface area contributed by atoms with Gasteiger partial charge in [0.05, 0.1) is 17.5 Å². The summed E-state index contributed by atoms with van der Waals surface area (Å²) < 4.78 is 34.6. The normalized spacial score (nSPS) is 11.7. The summed E-state index contributed by atoms with van der Waals surface area (Å²) in [7, 11) is 0. The number of halogens is 2. The fourth-order valence-corrected chi connectivity index (χ4v) is 3.51. The molecule has 0 fully saturated rings. The van der Waals surface area contributed by atoms with Crippen molar-refractivity contribution in [1.29, 1.82) is 0 Å². The zero-order valence-electron chi connectivity index (χ0n) is 12.9. The average molecular weight is 349 g/mol. The van der Waals surface area contributed by atoms with Crippen molar-refractivity contribution in [3.8, 4) is 0 Å². The van der Waals surface area contributed by atoms with Crippen LogP contribution in [0.2, 0.25) is 0 Å². The smallest absolute Gasteiger partial charge is 0.345 e. The Morgan fingerprint density at radius 2 is 2.17 bits per heavy atom. The molecule has 2 aromatic heterocycles. The Morgan fingerprint density at radius 1 is 1.42 bits per heavy atom. The van der Waals surface area contributed by atoms with E-state index in [2.05, 4.69) is 0 Å². The van der Waals surface area contributed by atoms with Crippen LogP contribution < -0.4 is 5.43 Å². The Kier molecular flexibility index (Phi) is 4.19. The van der Waals surface area contributed by atoms with Gasteiger partial charge in [0.1, 0.15) is 10.4 Å². The number of pyridine rings is 1. The molecule has 0 saturated carbocycles. The molecule has 4 nitrogen and oxygen atoms in total. The number of hydrogen-bond donors (Lipinski definition) is 0. The molecule has 3 rings (SSSR count). The molecular formula is C17H13F2NO3S. The number of benzene rings is 1. The van der Waals surface area contributed by atoms with Crippen LogP contribution in [0.3, 0.4) is 0 Å². The second-order valence-corrected chi connectivity index (χ2v) is 5.88. The highest BCUT2D eigenvalue weighted by molar-refractivity contribution is 7.16. The van der Waals surface area contributed by atoms with Crippen molar-refractivity contribution in [2.75, 3.05) is 6.61 Å². The molecule has 0 bridgehead atoms. The first-order valence-electron chi connectivity index (χ1n) is 7.24. The Bertz CT molecular complexity index is 1050. The van der Waals surface area contributed by atoms with E-state index in [0.29, 0.717) is 4.83 Å². The molecule has 0 spiro atoms. The summed E-state index contributed by atoms with van der Waals surface area (Å²) in [6, 6.07) is 0.826. The van der Waals surface area contributed by atoms with Gasteiger partial charge in [0.25, 0.3) is 0 Å². The molecule has 0 atom stereocenters. The van der Waals surface area contributed by atoms with Gasteiger partial charge in [0, 0.05) is 17.1 Å². The lowest BCUT2D eigenvalue weighted by atomic mass is 10.1. The predicted molar refractivity (Wildman–Crippen MR) is 89.6 cm³/mol. The Balaban J connectivity index is 2.58. The molecule has 124 valence electrons. The van der Waals surface area contributed by atoms with Crippen molar-refractivity contribution in [3.05, 3.63) is 56.7 Å². The molecule has 2 heterocycles. The highest BCUT2D eigenvalue weighted by Gasteiger charge is 2.24. The monoisotopic (exact) mass is 349 g/mol. The van der Waals surface area contributed by atoms with Crippen LogP contribution in [0.15, 0.2) is 28.5 Å². The molecule has 0 aliphatic heterocycles. The predicted octanol–water partition coefficient (Wildman–Crippen LogP) is 4.00. The summed E-state index contributed by atoms with van der Waals surface area (Å²) in [5.74, 6) is -2.96. The van der Waals surface area contributed by atoms with E-state index in [1.165, 1.54) is 10.5 Å². The van der Waals surface area contributed by atoms with Crippen molar-refractivity contribution in [2.24, 2.45) is 0 Å². The minimum Gasteiger partial charge on any atom is -0.462 e. The third kappa shape index (κ3) is 2.32. The summed E-state index contributed by atoms with van der Waals surface area (Å²) in [6.45, 7) is 3.40. The van der Waals surface area contributed by atoms with Crippen LogP contribution in [-0.4, -0.2) is 17.0 Å². The van der Waals surface area contributed by atoms with Gasteiger partial charge in [-0.1, -0.05) is 12.2 Å². The van der Waals surface area contributed by atoms with Crippen molar-refractivity contribution in [1.82, 2.24) is 4.40 Å². The van der Waals surface area contributed by atoms with E-state index in [1.807, 2.05) is 0 Å². The number of esters is 1. The number of nitrogens with zero attached hydrogens (tertiary/aromatic N) is 1. The number of ether oxygens (including phenoxy) is 1. The molecule has 0 saturated heterocycles. The molecule has 24 heavy (non-hydrogen) atoms.